The third-order valence-corrected chi connectivity index (χ3v) is 2.47. The van der Waals surface area contributed by atoms with Gasteiger partial charge in [-0.2, -0.15) is 0 Å². The predicted molar refractivity (Wildman–Crippen MR) is 79.9 cm³/mol. The average Bonchev–Trinajstić information content (AvgIpc) is 2.20. The van der Waals surface area contributed by atoms with Crippen LogP contribution in [-0.2, 0) is 0 Å². The van der Waals surface area contributed by atoms with E-state index in [4.69, 9.17) is 11.5 Å². The fraction of sp³-hybridized carbons (Fsp3) is 0.0769. The third kappa shape index (κ3) is 3.55. The minimum absolute atomic E-state index is 0. The highest BCUT2D eigenvalue weighted by molar-refractivity contribution is 5.85. The Kier molecular flexibility index (Phi) is 5.86. The summed E-state index contributed by atoms with van der Waals surface area (Å²) in [5.74, 6) is 0. The highest BCUT2D eigenvalue weighted by atomic mass is 35.5. The van der Waals surface area contributed by atoms with Crippen molar-refractivity contribution in [3.05, 3.63) is 48.0 Å². The predicted octanol–water partition coefficient (Wildman–Crippen LogP) is 3.67. The van der Waals surface area contributed by atoms with Crippen LogP contribution in [0.15, 0.2) is 42.5 Å². The molecular weight excluding hydrogens is 255 g/mol. The smallest absolute Gasteiger partial charge is 0.0317 e. The zero-order valence-electron chi connectivity index (χ0n) is 9.51. The van der Waals surface area contributed by atoms with Crippen LogP contribution in [0.3, 0.4) is 0 Å². The maximum Gasteiger partial charge on any atom is 0.0317 e. The van der Waals surface area contributed by atoms with Gasteiger partial charge in [0.2, 0.25) is 0 Å². The standard InChI is InChI=1S/C13H14N2.2ClH/c1-9-8-12(15)6-7-13(9)10-2-4-11(14)5-3-10;;/h2-8H,14-15H2,1H3;2*1H. The number of hydrogen-bond acceptors (Lipinski definition) is 2. The Hall–Kier alpha value is -1.38. The van der Waals surface area contributed by atoms with Crippen LogP contribution in [0.4, 0.5) is 11.4 Å². The molecular formula is C13H16Cl2N2. The zero-order chi connectivity index (χ0) is 10.8. The molecule has 0 atom stereocenters. The second-order valence-electron chi connectivity index (χ2n) is 3.70. The summed E-state index contributed by atoms with van der Waals surface area (Å²) in [6.07, 6.45) is 0. The molecule has 0 fully saturated rings. The molecule has 4 N–H and O–H groups in total. The van der Waals surface area contributed by atoms with Crippen molar-refractivity contribution in [3.63, 3.8) is 0 Å². The zero-order valence-corrected chi connectivity index (χ0v) is 11.1. The van der Waals surface area contributed by atoms with E-state index in [2.05, 4.69) is 6.92 Å². The molecule has 0 amide bonds. The van der Waals surface area contributed by atoms with Crippen molar-refractivity contribution < 1.29 is 0 Å². The van der Waals surface area contributed by atoms with Crippen molar-refractivity contribution in [1.29, 1.82) is 0 Å². The molecule has 2 rings (SSSR count). The van der Waals surface area contributed by atoms with Crippen molar-refractivity contribution in [3.8, 4) is 11.1 Å². The lowest BCUT2D eigenvalue weighted by Gasteiger charge is -2.07. The number of halogens is 2. The molecule has 0 heterocycles. The summed E-state index contributed by atoms with van der Waals surface area (Å²) < 4.78 is 0. The van der Waals surface area contributed by atoms with Crippen molar-refractivity contribution in [2.45, 2.75) is 6.92 Å². The number of nitrogen functional groups attached to an aromatic ring is 2. The van der Waals surface area contributed by atoms with Crippen molar-refractivity contribution in [2.24, 2.45) is 0 Å². The normalized spacial score (nSPS) is 9.00. The number of nitrogens with two attached hydrogens (primary N) is 2. The number of anilines is 2. The summed E-state index contributed by atoms with van der Waals surface area (Å²) in [6.45, 7) is 2.06. The lowest BCUT2D eigenvalue weighted by atomic mass is 10.00. The molecule has 2 nitrogen and oxygen atoms in total. The molecule has 0 aliphatic heterocycles. The molecule has 2 aromatic rings. The van der Waals surface area contributed by atoms with Gasteiger partial charge in [0.15, 0.2) is 0 Å². The van der Waals surface area contributed by atoms with Gasteiger partial charge in [-0.3, -0.25) is 0 Å². The molecule has 0 spiro atoms. The summed E-state index contributed by atoms with van der Waals surface area (Å²) >= 11 is 0. The Labute approximate surface area is 114 Å². The molecule has 0 radical (unpaired) electrons. The number of rotatable bonds is 1. The summed E-state index contributed by atoms with van der Waals surface area (Å²) in [5, 5.41) is 0. The first-order valence-corrected chi connectivity index (χ1v) is 4.89. The minimum Gasteiger partial charge on any atom is -0.399 e. The lowest BCUT2D eigenvalue weighted by molar-refractivity contribution is 1.46. The maximum atomic E-state index is 5.71. The van der Waals surface area contributed by atoms with Gasteiger partial charge < -0.3 is 11.5 Å². The Balaban J connectivity index is 0.00000128. The minimum atomic E-state index is 0. The van der Waals surface area contributed by atoms with Gasteiger partial charge in [-0.15, -0.1) is 24.8 Å². The molecule has 0 saturated carbocycles. The van der Waals surface area contributed by atoms with E-state index in [1.807, 2.05) is 42.5 Å². The number of benzene rings is 2. The summed E-state index contributed by atoms with van der Waals surface area (Å²) in [7, 11) is 0. The van der Waals surface area contributed by atoms with E-state index in [1.54, 1.807) is 0 Å². The van der Waals surface area contributed by atoms with Gasteiger partial charge in [0.05, 0.1) is 0 Å². The van der Waals surface area contributed by atoms with Crippen LogP contribution in [0.1, 0.15) is 5.56 Å². The van der Waals surface area contributed by atoms with Crippen LogP contribution < -0.4 is 11.5 Å². The molecule has 0 unspecified atom stereocenters. The molecule has 0 saturated heterocycles. The van der Waals surface area contributed by atoms with E-state index in [-0.39, 0.29) is 24.8 Å². The third-order valence-electron chi connectivity index (χ3n) is 2.47. The van der Waals surface area contributed by atoms with Gasteiger partial charge in [-0.25, -0.2) is 0 Å². The van der Waals surface area contributed by atoms with Gasteiger partial charge in [0, 0.05) is 11.4 Å². The lowest BCUT2D eigenvalue weighted by Crippen LogP contribution is -1.89. The second-order valence-corrected chi connectivity index (χ2v) is 3.70. The molecule has 92 valence electrons. The Bertz CT molecular complexity index is 481. The van der Waals surface area contributed by atoms with Gasteiger partial charge in [0.1, 0.15) is 0 Å². The SMILES string of the molecule is Cc1cc(N)ccc1-c1ccc(N)cc1.Cl.Cl. The van der Waals surface area contributed by atoms with Crippen LogP contribution in [0, 0.1) is 6.92 Å². The van der Waals surface area contributed by atoms with E-state index < -0.39 is 0 Å². The summed E-state index contributed by atoms with van der Waals surface area (Å²) in [6, 6.07) is 13.8. The molecule has 0 bridgehead atoms. The highest BCUT2D eigenvalue weighted by Crippen LogP contribution is 2.25. The largest absolute Gasteiger partial charge is 0.399 e. The van der Waals surface area contributed by atoms with Crippen LogP contribution in [-0.4, -0.2) is 0 Å². The van der Waals surface area contributed by atoms with E-state index >= 15 is 0 Å². The van der Waals surface area contributed by atoms with Crippen LogP contribution in [0.25, 0.3) is 11.1 Å². The van der Waals surface area contributed by atoms with Crippen LogP contribution in [0.2, 0.25) is 0 Å². The van der Waals surface area contributed by atoms with Crippen LogP contribution in [0.5, 0.6) is 0 Å². The molecule has 4 heteroatoms. The summed E-state index contributed by atoms with van der Waals surface area (Å²) in [5.41, 5.74) is 16.5. The molecule has 17 heavy (non-hydrogen) atoms. The monoisotopic (exact) mass is 270 g/mol. The Morgan fingerprint density at radius 2 is 1.29 bits per heavy atom. The van der Waals surface area contributed by atoms with E-state index in [1.165, 1.54) is 16.7 Å². The van der Waals surface area contributed by atoms with Gasteiger partial charge in [0.25, 0.3) is 0 Å². The molecule has 0 aliphatic carbocycles. The Morgan fingerprint density at radius 1 is 0.765 bits per heavy atom. The second kappa shape index (κ2) is 6.38. The van der Waals surface area contributed by atoms with Crippen molar-refractivity contribution in [1.82, 2.24) is 0 Å². The first-order valence-electron chi connectivity index (χ1n) is 4.89. The topological polar surface area (TPSA) is 52.0 Å². The van der Waals surface area contributed by atoms with E-state index in [0.29, 0.717) is 0 Å². The molecule has 0 aromatic heterocycles. The van der Waals surface area contributed by atoms with Gasteiger partial charge in [-0.05, 0) is 47.9 Å². The number of hydrogen-bond donors (Lipinski definition) is 2. The first-order chi connectivity index (χ1) is 7.16. The van der Waals surface area contributed by atoms with Crippen molar-refractivity contribution >= 4 is 36.2 Å². The quantitative estimate of drug-likeness (QED) is 0.777. The fourth-order valence-electron chi connectivity index (χ4n) is 1.67. The highest BCUT2D eigenvalue weighted by Gasteiger charge is 2.01. The summed E-state index contributed by atoms with van der Waals surface area (Å²) in [4.78, 5) is 0. The average molecular weight is 271 g/mol. The fourth-order valence-corrected chi connectivity index (χ4v) is 1.67. The maximum absolute atomic E-state index is 5.71. The van der Waals surface area contributed by atoms with Crippen molar-refractivity contribution in [2.75, 3.05) is 11.5 Å². The Morgan fingerprint density at radius 3 is 1.82 bits per heavy atom. The van der Waals surface area contributed by atoms with E-state index in [9.17, 15) is 0 Å². The van der Waals surface area contributed by atoms with E-state index in [0.717, 1.165) is 11.4 Å². The van der Waals surface area contributed by atoms with Crippen LogP contribution >= 0.6 is 24.8 Å². The van der Waals surface area contributed by atoms with Gasteiger partial charge in [-0.1, -0.05) is 18.2 Å². The van der Waals surface area contributed by atoms with Gasteiger partial charge >= 0.3 is 0 Å². The first kappa shape index (κ1) is 15.6. The molecule has 0 aliphatic rings. The molecule has 2 aromatic carbocycles. The number of aryl methyl sites for hydroxylation is 1.